The van der Waals surface area contributed by atoms with E-state index in [0.29, 0.717) is 17.8 Å². The molecule has 2 fully saturated rings. The van der Waals surface area contributed by atoms with Crippen molar-refractivity contribution in [1.29, 1.82) is 0 Å². The number of anilines is 1. The number of benzene rings is 3. The van der Waals surface area contributed by atoms with E-state index >= 15 is 0 Å². The predicted molar refractivity (Wildman–Crippen MR) is 155 cm³/mol. The van der Waals surface area contributed by atoms with E-state index in [0.717, 1.165) is 54.1 Å². The third kappa shape index (κ3) is 6.63. The molecule has 0 aromatic heterocycles. The van der Waals surface area contributed by atoms with Gasteiger partial charge in [-0.1, -0.05) is 36.4 Å². The lowest BCUT2D eigenvalue weighted by molar-refractivity contribution is -0.139. The summed E-state index contributed by atoms with van der Waals surface area (Å²) in [4.78, 5) is 14.4. The smallest absolute Gasteiger partial charge is 0.310 e. The van der Waals surface area contributed by atoms with Gasteiger partial charge in [0.2, 0.25) is 0 Å². The Hall–Kier alpha value is -3.35. The molecule has 5 rings (SSSR count). The largest absolute Gasteiger partial charge is 0.489 e. The number of hydrogen-bond donors (Lipinski definition) is 1. The summed E-state index contributed by atoms with van der Waals surface area (Å²) in [6.07, 6.45) is 4.94. The van der Waals surface area contributed by atoms with Gasteiger partial charge in [0.15, 0.2) is 0 Å². The first-order valence-electron chi connectivity index (χ1n) is 14.0. The monoisotopic (exact) mass is 528 g/mol. The van der Waals surface area contributed by atoms with Gasteiger partial charge in [-0.3, -0.25) is 4.79 Å². The van der Waals surface area contributed by atoms with Crippen LogP contribution in [-0.2, 0) is 27.3 Å². The lowest BCUT2D eigenvalue weighted by Crippen LogP contribution is -2.43. The molecule has 1 spiro atoms. The molecule has 206 valence electrons. The summed E-state index contributed by atoms with van der Waals surface area (Å²) < 4.78 is 16.8. The van der Waals surface area contributed by atoms with E-state index in [1.54, 1.807) is 0 Å². The van der Waals surface area contributed by atoms with Gasteiger partial charge in [-0.25, -0.2) is 0 Å². The van der Waals surface area contributed by atoms with Crippen molar-refractivity contribution in [2.75, 3.05) is 38.3 Å². The Morgan fingerprint density at radius 1 is 0.974 bits per heavy atom. The summed E-state index contributed by atoms with van der Waals surface area (Å²) in [6, 6.07) is 22.9. The zero-order valence-electron chi connectivity index (χ0n) is 23.2. The van der Waals surface area contributed by atoms with Gasteiger partial charge in [0.05, 0.1) is 13.5 Å². The van der Waals surface area contributed by atoms with Crippen LogP contribution in [-0.4, -0.2) is 39.4 Å². The van der Waals surface area contributed by atoms with E-state index in [2.05, 4.69) is 47.4 Å². The molecule has 0 amide bonds. The maximum Gasteiger partial charge on any atom is 0.310 e. The van der Waals surface area contributed by atoms with Gasteiger partial charge in [0, 0.05) is 43.6 Å². The zero-order valence-corrected chi connectivity index (χ0v) is 23.2. The van der Waals surface area contributed by atoms with Crippen molar-refractivity contribution in [3.8, 4) is 16.9 Å². The molecule has 3 aromatic carbocycles. The fourth-order valence-electron chi connectivity index (χ4n) is 5.83. The van der Waals surface area contributed by atoms with Crippen LogP contribution >= 0.6 is 0 Å². The Morgan fingerprint density at radius 3 is 2.49 bits per heavy atom. The first-order chi connectivity index (χ1) is 18.9. The van der Waals surface area contributed by atoms with Crippen LogP contribution in [0.1, 0.15) is 55.3 Å². The number of methoxy groups -OCH3 is 1. The van der Waals surface area contributed by atoms with Crippen molar-refractivity contribution < 1.29 is 19.0 Å². The van der Waals surface area contributed by atoms with Crippen molar-refractivity contribution in [1.82, 2.24) is 0 Å². The van der Waals surface area contributed by atoms with Gasteiger partial charge < -0.3 is 24.8 Å². The van der Waals surface area contributed by atoms with Crippen molar-refractivity contribution in [2.24, 2.45) is 11.1 Å². The van der Waals surface area contributed by atoms with Crippen LogP contribution in [0.2, 0.25) is 0 Å². The average molecular weight is 529 g/mol. The Balaban J connectivity index is 1.41. The molecule has 6 nitrogen and oxygen atoms in total. The lowest BCUT2D eigenvalue weighted by Gasteiger charge is -2.45. The summed E-state index contributed by atoms with van der Waals surface area (Å²) >= 11 is 0. The van der Waals surface area contributed by atoms with E-state index in [1.165, 1.54) is 38.5 Å². The number of ether oxygens (including phenoxy) is 3. The molecule has 1 unspecified atom stereocenters. The Bertz CT molecular complexity index is 1270. The normalized spacial score (nSPS) is 17.6. The van der Waals surface area contributed by atoms with E-state index in [1.807, 2.05) is 31.2 Å². The van der Waals surface area contributed by atoms with Crippen LogP contribution in [0.5, 0.6) is 5.75 Å². The number of carbonyl (C=O) groups is 1. The molecule has 0 bridgehead atoms. The number of piperidine rings is 1. The topological polar surface area (TPSA) is 74.0 Å². The molecule has 0 radical (unpaired) electrons. The molecule has 2 N–H and O–H groups in total. The zero-order chi connectivity index (χ0) is 27.2. The molecule has 3 aromatic rings. The minimum absolute atomic E-state index is 0.0278. The van der Waals surface area contributed by atoms with Crippen molar-refractivity contribution in [3.05, 3.63) is 83.4 Å². The molecule has 2 aliphatic heterocycles. The molecule has 1 atom stereocenters. The fourth-order valence-corrected chi connectivity index (χ4v) is 5.83. The second-order valence-electron chi connectivity index (χ2n) is 11.1. The quantitative estimate of drug-likeness (QED) is 0.358. The third-order valence-electron chi connectivity index (χ3n) is 8.40. The highest BCUT2D eigenvalue weighted by Crippen LogP contribution is 2.42. The number of carbonyl (C=O) groups excluding carboxylic acids is 1. The molecule has 2 aliphatic rings. The summed E-state index contributed by atoms with van der Waals surface area (Å²) in [6.45, 7) is 6.30. The average Bonchev–Trinajstić information content (AvgIpc) is 2.97. The first-order valence-corrected chi connectivity index (χ1v) is 14.0. The standard InChI is InChI=1S/C33H40N2O4/c1-24(34)26-7-5-8-27(20-26)29-18-25(23-39-31-9-4-3-6-28(31)22-32(36)37-2)19-30(21-29)35-14-10-33(11-15-35)12-16-38-17-13-33/h3-9,18-21,24H,10-17,22-23,34H2,1-2H3. The minimum atomic E-state index is -0.281. The number of para-hydroxylation sites is 1. The summed E-state index contributed by atoms with van der Waals surface area (Å²) in [5, 5.41) is 0. The van der Waals surface area contributed by atoms with Gasteiger partial charge in [-0.05, 0) is 90.6 Å². The predicted octanol–water partition coefficient (Wildman–Crippen LogP) is 6.06. The van der Waals surface area contributed by atoms with Crippen LogP contribution < -0.4 is 15.4 Å². The fraction of sp³-hybridized carbons (Fsp3) is 0.424. The first kappa shape index (κ1) is 27.2. The second-order valence-corrected chi connectivity index (χ2v) is 11.1. The van der Waals surface area contributed by atoms with E-state index in [-0.39, 0.29) is 18.4 Å². The van der Waals surface area contributed by atoms with Crippen LogP contribution in [0.3, 0.4) is 0 Å². The second kappa shape index (κ2) is 12.2. The summed E-state index contributed by atoms with van der Waals surface area (Å²) in [5.74, 6) is 0.421. The number of rotatable bonds is 8. The Kier molecular flexibility index (Phi) is 8.53. The van der Waals surface area contributed by atoms with Gasteiger partial charge in [0.25, 0.3) is 0 Å². The highest BCUT2D eigenvalue weighted by molar-refractivity contribution is 5.73. The van der Waals surface area contributed by atoms with Crippen LogP contribution in [0.4, 0.5) is 5.69 Å². The number of esters is 1. The number of hydrogen-bond acceptors (Lipinski definition) is 6. The van der Waals surface area contributed by atoms with Gasteiger partial charge in [-0.2, -0.15) is 0 Å². The maximum absolute atomic E-state index is 11.9. The van der Waals surface area contributed by atoms with Gasteiger partial charge in [0.1, 0.15) is 12.4 Å². The Labute approximate surface area is 232 Å². The van der Waals surface area contributed by atoms with Gasteiger partial charge in [-0.15, -0.1) is 0 Å². The molecule has 0 aliphatic carbocycles. The lowest BCUT2D eigenvalue weighted by atomic mass is 9.72. The molecule has 6 heteroatoms. The van der Waals surface area contributed by atoms with Crippen molar-refractivity contribution in [3.63, 3.8) is 0 Å². The highest BCUT2D eigenvalue weighted by atomic mass is 16.5. The highest BCUT2D eigenvalue weighted by Gasteiger charge is 2.36. The maximum atomic E-state index is 11.9. The summed E-state index contributed by atoms with van der Waals surface area (Å²) in [7, 11) is 1.41. The van der Waals surface area contributed by atoms with Crippen LogP contribution in [0, 0.1) is 5.41 Å². The summed E-state index contributed by atoms with van der Waals surface area (Å²) in [5.41, 5.74) is 13.2. The molecule has 0 saturated carbocycles. The van der Waals surface area contributed by atoms with Gasteiger partial charge >= 0.3 is 5.97 Å². The van der Waals surface area contributed by atoms with E-state index in [9.17, 15) is 4.79 Å². The van der Waals surface area contributed by atoms with Crippen LogP contribution in [0.15, 0.2) is 66.7 Å². The van der Waals surface area contributed by atoms with E-state index in [4.69, 9.17) is 19.9 Å². The molecular weight excluding hydrogens is 488 g/mol. The van der Waals surface area contributed by atoms with Crippen molar-refractivity contribution in [2.45, 2.75) is 51.7 Å². The molecule has 2 heterocycles. The van der Waals surface area contributed by atoms with E-state index < -0.39 is 0 Å². The third-order valence-corrected chi connectivity index (χ3v) is 8.40. The van der Waals surface area contributed by atoms with Crippen molar-refractivity contribution >= 4 is 11.7 Å². The number of nitrogens with zero attached hydrogens (tertiary/aromatic N) is 1. The minimum Gasteiger partial charge on any atom is -0.489 e. The molecule has 2 saturated heterocycles. The van der Waals surface area contributed by atoms with Crippen LogP contribution in [0.25, 0.3) is 11.1 Å². The number of nitrogens with two attached hydrogens (primary N) is 1. The molecular formula is C33H40N2O4. The SMILES string of the molecule is COC(=O)Cc1ccccc1OCc1cc(-c2cccc(C(C)N)c2)cc(N2CCC3(CCOCC3)CC2)c1. The Morgan fingerprint density at radius 2 is 1.74 bits per heavy atom. The molecule has 39 heavy (non-hydrogen) atoms.